The van der Waals surface area contributed by atoms with E-state index in [0.717, 1.165) is 55.4 Å². The van der Waals surface area contributed by atoms with Crippen LogP contribution < -0.4 is 9.64 Å². The SMILES string of the molecule is CCc1nnc2ccc(N3CCC(Oc4ccc(F)cc4)CC3)nn12. The summed E-state index contributed by atoms with van der Waals surface area (Å²) in [7, 11) is 0. The van der Waals surface area contributed by atoms with Gasteiger partial charge in [-0.05, 0) is 36.4 Å². The quantitative estimate of drug-likeness (QED) is 0.730. The molecule has 1 saturated heterocycles. The average Bonchev–Trinajstić information content (AvgIpc) is 3.06. The summed E-state index contributed by atoms with van der Waals surface area (Å²) >= 11 is 0. The topological polar surface area (TPSA) is 55.5 Å². The van der Waals surface area contributed by atoms with Crippen molar-refractivity contribution in [1.29, 1.82) is 0 Å². The maximum atomic E-state index is 13.0. The normalized spacial score (nSPS) is 15.7. The van der Waals surface area contributed by atoms with Crippen LogP contribution in [-0.2, 0) is 6.42 Å². The molecule has 0 amide bonds. The van der Waals surface area contributed by atoms with Crippen LogP contribution in [0.1, 0.15) is 25.6 Å². The third-order valence-electron chi connectivity index (χ3n) is 4.51. The Labute approximate surface area is 145 Å². The van der Waals surface area contributed by atoms with Gasteiger partial charge in [-0.15, -0.1) is 15.3 Å². The van der Waals surface area contributed by atoms with Crippen molar-refractivity contribution in [3.8, 4) is 5.75 Å². The lowest BCUT2D eigenvalue weighted by molar-refractivity contribution is 0.170. The first-order valence-corrected chi connectivity index (χ1v) is 8.61. The van der Waals surface area contributed by atoms with Crippen molar-refractivity contribution >= 4 is 11.5 Å². The largest absolute Gasteiger partial charge is 0.490 e. The van der Waals surface area contributed by atoms with E-state index in [0.29, 0.717) is 0 Å². The van der Waals surface area contributed by atoms with E-state index in [1.165, 1.54) is 12.1 Å². The number of rotatable bonds is 4. The standard InChI is InChI=1S/C18H20FN5O/c1-2-16-20-21-17-7-8-18(22-24(16)17)23-11-9-15(10-12-23)25-14-5-3-13(19)4-6-14/h3-8,15H,2,9-12H2,1H3. The molecule has 1 fully saturated rings. The molecule has 3 aromatic rings. The van der Waals surface area contributed by atoms with Crippen LogP contribution in [0.25, 0.3) is 5.65 Å². The number of hydrogen-bond donors (Lipinski definition) is 0. The first-order chi connectivity index (χ1) is 12.2. The maximum Gasteiger partial charge on any atom is 0.178 e. The maximum absolute atomic E-state index is 13.0. The Bertz CT molecular complexity index is 856. The van der Waals surface area contributed by atoms with Gasteiger partial charge in [0.25, 0.3) is 0 Å². The summed E-state index contributed by atoms with van der Waals surface area (Å²) in [5, 5.41) is 13.0. The zero-order valence-electron chi connectivity index (χ0n) is 14.1. The Morgan fingerprint density at radius 3 is 2.56 bits per heavy atom. The Morgan fingerprint density at radius 2 is 1.84 bits per heavy atom. The van der Waals surface area contributed by atoms with E-state index in [-0.39, 0.29) is 11.9 Å². The van der Waals surface area contributed by atoms with Crippen LogP contribution in [0, 0.1) is 5.82 Å². The number of aryl methyl sites for hydroxylation is 1. The fourth-order valence-corrected chi connectivity index (χ4v) is 3.12. The smallest absolute Gasteiger partial charge is 0.178 e. The Hall–Kier alpha value is -2.70. The van der Waals surface area contributed by atoms with Crippen molar-refractivity contribution in [2.75, 3.05) is 18.0 Å². The number of piperidine rings is 1. The second-order valence-electron chi connectivity index (χ2n) is 6.19. The van der Waals surface area contributed by atoms with Gasteiger partial charge in [0.2, 0.25) is 0 Å². The molecule has 0 saturated carbocycles. The van der Waals surface area contributed by atoms with Crippen LogP contribution in [0.15, 0.2) is 36.4 Å². The van der Waals surface area contributed by atoms with E-state index in [1.54, 1.807) is 12.1 Å². The van der Waals surface area contributed by atoms with Crippen LogP contribution in [-0.4, -0.2) is 39.0 Å². The molecular weight excluding hydrogens is 321 g/mol. The first-order valence-electron chi connectivity index (χ1n) is 8.61. The van der Waals surface area contributed by atoms with Crippen molar-refractivity contribution in [1.82, 2.24) is 19.8 Å². The molecule has 3 heterocycles. The lowest BCUT2D eigenvalue weighted by Crippen LogP contribution is -2.38. The molecule has 0 N–H and O–H groups in total. The van der Waals surface area contributed by atoms with Gasteiger partial charge in [0.1, 0.15) is 23.5 Å². The molecule has 1 aliphatic rings. The summed E-state index contributed by atoms with van der Waals surface area (Å²) in [6.45, 7) is 3.78. The zero-order valence-corrected chi connectivity index (χ0v) is 14.1. The van der Waals surface area contributed by atoms with Crippen LogP contribution in [0.2, 0.25) is 0 Å². The number of hydrogen-bond acceptors (Lipinski definition) is 5. The van der Waals surface area contributed by atoms with Crippen LogP contribution in [0.3, 0.4) is 0 Å². The van der Waals surface area contributed by atoms with Crippen LogP contribution in [0.5, 0.6) is 5.75 Å². The summed E-state index contributed by atoms with van der Waals surface area (Å²) in [4.78, 5) is 2.25. The van der Waals surface area contributed by atoms with Gasteiger partial charge >= 0.3 is 0 Å². The van der Waals surface area contributed by atoms with Gasteiger partial charge in [-0.3, -0.25) is 0 Å². The summed E-state index contributed by atoms with van der Waals surface area (Å²) in [5.41, 5.74) is 0.773. The van der Waals surface area contributed by atoms with Gasteiger partial charge < -0.3 is 9.64 Å². The third-order valence-corrected chi connectivity index (χ3v) is 4.51. The fraction of sp³-hybridized carbons (Fsp3) is 0.389. The highest BCUT2D eigenvalue weighted by Crippen LogP contribution is 2.22. The van der Waals surface area contributed by atoms with Crippen molar-refractivity contribution < 1.29 is 9.13 Å². The lowest BCUT2D eigenvalue weighted by Gasteiger charge is -2.32. The van der Waals surface area contributed by atoms with Gasteiger partial charge in [0.15, 0.2) is 11.5 Å². The third kappa shape index (κ3) is 3.26. The molecule has 0 atom stereocenters. The van der Waals surface area contributed by atoms with Gasteiger partial charge in [-0.2, -0.15) is 4.52 Å². The minimum atomic E-state index is -0.246. The molecule has 0 unspecified atom stereocenters. The van der Waals surface area contributed by atoms with Gasteiger partial charge in [-0.25, -0.2) is 4.39 Å². The second kappa shape index (κ2) is 6.66. The Balaban J connectivity index is 1.42. The molecule has 130 valence electrons. The number of halogens is 1. The predicted molar refractivity (Wildman–Crippen MR) is 92.4 cm³/mol. The van der Waals surface area contributed by atoms with E-state index in [2.05, 4.69) is 20.2 Å². The highest BCUT2D eigenvalue weighted by atomic mass is 19.1. The van der Waals surface area contributed by atoms with E-state index in [1.807, 2.05) is 23.6 Å². The highest BCUT2D eigenvalue weighted by Gasteiger charge is 2.22. The van der Waals surface area contributed by atoms with Crippen LogP contribution in [0.4, 0.5) is 10.2 Å². The van der Waals surface area contributed by atoms with Crippen molar-refractivity contribution in [2.45, 2.75) is 32.3 Å². The van der Waals surface area contributed by atoms with Gasteiger partial charge in [0.05, 0.1) is 0 Å². The molecular formula is C18H20FN5O. The number of nitrogens with zero attached hydrogens (tertiary/aromatic N) is 5. The number of ether oxygens (including phenoxy) is 1. The van der Waals surface area contributed by atoms with Crippen molar-refractivity contribution in [2.24, 2.45) is 0 Å². The predicted octanol–water partition coefficient (Wildman–Crippen LogP) is 2.87. The summed E-state index contributed by atoms with van der Waals surface area (Å²) in [6.07, 6.45) is 2.75. The molecule has 7 heteroatoms. The van der Waals surface area contributed by atoms with Gasteiger partial charge in [0, 0.05) is 32.4 Å². The minimum Gasteiger partial charge on any atom is -0.490 e. The lowest BCUT2D eigenvalue weighted by atomic mass is 10.1. The van der Waals surface area contributed by atoms with E-state index in [4.69, 9.17) is 4.74 Å². The monoisotopic (exact) mass is 341 g/mol. The van der Waals surface area contributed by atoms with E-state index >= 15 is 0 Å². The second-order valence-corrected chi connectivity index (χ2v) is 6.19. The molecule has 1 aliphatic heterocycles. The summed E-state index contributed by atoms with van der Waals surface area (Å²) in [5.74, 6) is 2.27. The van der Waals surface area contributed by atoms with Crippen molar-refractivity contribution in [3.05, 3.63) is 48.0 Å². The molecule has 0 spiro atoms. The number of anilines is 1. The molecule has 1 aromatic carbocycles. The minimum absolute atomic E-state index is 0.145. The first kappa shape index (κ1) is 15.8. The number of benzene rings is 1. The summed E-state index contributed by atoms with van der Waals surface area (Å²) in [6, 6.07) is 10.1. The van der Waals surface area contributed by atoms with Crippen LogP contribution >= 0.6 is 0 Å². The number of fused-ring (bicyclic) bond motifs is 1. The molecule has 0 aliphatic carbocycles. The molecule has 4 rings (SSSR count). The van der Waals surface area contributed by atoms with Gasteiger partial charge in [-0.1, -0.05) is 6.92 Å². The highest BCUT2D eigenvalue weighted by molar-refractivity contribution is 5.46. The Kier molecular flexibility index (Phi) is 4.21. The molecule has 0 bridgehead atoms. The van der Waals surface area contributed by atoms with Crippen molar-refractivity contribution in [3.63, 3.8) is 0 Å². The zero-order chi connectivity index (χ0) is 17.2. The van der Waals surface area contributed by atoms with E-state index in [9.17, 15) is 4.39 Å². The summed E-state index contributed by atoms with van der Waals surface area (Å²) < 4.78 is 20.7. The molecule has 25 heavy (non-hydrogen) atoms. The molecule has 0 radical (unpaired) electrons. The average molecular weight is 341 g/mol. The number of aromatic nitrogens is 4. The molecule has 6 nitrogen and oxygen atoms in total. The molecule has 2 aromatic heterocycles. The van der Waals surface area contributed by atoms with E-state index < -0.39 is 0 Å². The fourth-order valence-electron chi connectivity index (χ4n) is 3.12. The Morgan fingerprint density at radius 1 is 1.08 bits per heavy atom.